The second kappa shape index (κ2) is 4.72. The Morgan fingerprint density at radius 1 is 1.19 bits per heavy atom. The molecule has 3 rings (SSSR count). The highest BCUT2D eigenvalue weighted by Gasteiger charge is 2.24. The number of aromatic nitrogens is 2. The van der Waals surface area contributed by atoms with E-state index in [9.17, 15) is 0 Å². The van der Waals surface area contributed by atoms with Crippen LogP contribution in [0.25, 0.3) is 11.3 Å². The van der Waals surface area contributed by atoms with E-state index in [0.717, 1.165) is 41.4 Å². The third-order valence-electron chi connectivity index (χ3n) is 3.82. The van der Waals surface area contributed by atoms with Gasteiger partial charge in [-0.1, -0.05) is 32.9 Å². The van der Waals surface area contributed by atoms with Crippen LogP contribution in [0.3, 0.4) is 0 Å². The predicted octanol–water partition coefficient (Wildman–Crippen LogP) is 3.27. The van der Waals surface area contributed by atoms with E-state index in [1.807, 2.05) is 13.0 Å². The normalized spacial score (nSPS) is 13.9. The summed E-state index contributed by atoms with van der Waals surface area (Å²) < 4.78 is 5.80. The summed E-state index contributed by atoms with van der Waals surface area (Å²) in [6.07, 6.45) is 0.953. The van der Waals surface area contributed by atoms with E-state index in [-0.39, 0.29) is 5.41 Å². The Kier molecular flexibility index (Phi) is 3.12. The van der Waals surface area contributed by atoms with Crippen LogP contribution in [0.4, 0.5) is 5.82 Å². The highest BCUT2D eigenvalue weighted by atomic mass is 16.5. The lowest BCUT2D eigenvalue weighted by molar-refractivity contribution is 0.358. The summed E-state index contributed by atoms with van der Waals surface area (Å²) in [6.45, 7) is 8.97. The molecule has 2 heterocycles. The van der Waals surface area contributed by atoms with Crippen molar-refractivity contribution in [2.24, 2.45) is 0 Å². The molecule has 0 saturated heterocycles. The first-order chi connectivity index (χ1) is 9.88. The van der Waals surface area contributed by atoms with Crippen molar-refractivity contribution in [3.05, 3.63) is 35.2 Å². The first-order valence-electron chi connectivity index (χ1n) is 7.27. The number of nitrogens with zero attached hydrogens (tertiary/aromatic N) is 2. The fourth-order valence-corrected chi connectivity index (χ4v) is 2.53. The van der Waals surface area contributed by atoms with Crippen LogP contribution >= 0.6 is 0 Å². The van der Waals surface area contributed by atoms with Gasteiger partial charge in [0.15, 0.2) is 0 Å². The van der Waals surface area contributed by atoms with Gasteiger partial charge in [-0.15, -0.1) is 0 Å². The highest BCUT2D eigenvalue weighted by molar-refractivity contribution is 5.75. The fourth-order valence-electron chi connectivity index (χ4n) is 2.53. The van der Waals surface area contributed by atoms with Gasteiger partial charge in [-0.05, 0) is 18.6 Å². The number of benzene rings is 1. The molecule has 4 nitrogen and oxygen atoms in total. The van der Waals surface area contributed by atoms with Crippen LogP contribution in [0, 0.1) is 6.92 Å². The molecule has 1 aliphatic rings. The van der Waals surface area contributed by atoms with Crippen molar-refractivity contribution < 1.29 is 4.74 Å². The molecule has 1 aromatic heterocycles. The first-order valence-corrected chi connectivity index (χ1v) is 7.27. The number of fused-ring (bicyclic) bond motifs is 1. The molecular formula is C17H21N3O. The Bertz CT molecular complexity index is 702. The van der Waals surface area contributed by atoms with Gasteiger partial charge in [0.25, 0.3) is 0 Å². The minimum Gasteiger partial charge on any atom is -0.492 e. The molecule has 1 aliphatic heterocycles. The Morgan fingerprint density at radius 2 is 1.95 bits per heavy atom. The van der Waals surface area contributed by atoms with Gasteiger partial charge in [0, 0.05) is 23.0 Å². The van der Waals surface area contributed by atoms with E-state index < -0.39 is 0 Å². The van der Waals surface area contributed by atoms with Crippen molar-refractivity contribution in [1.29, 1.82) is 0 Å². The molecule has 2 aromatic rings. The molecule has 110 valence electrons. The van der Waals surface area contributed by atoms with Crippen molar-refractivity contribution >= 4 is 5.82 Å². The number of hydrogen-bond acceptors (Lipinski definition) is 4. The van der Waals surface area contributed by atoms with Crippen LogP contribution in [-0.2, 0) is 11.8 Å². The van der Waals surface area contributed by atoms with Crippen molar-refractivity contribution in [2.75, 3.05) is 12.3 Å². The maximum atomic E-state index is 6.11. The first kappa shape index (κ1) is 13.9. The largest absolute Gasteiger partial charge is 0.492 e. The third kappa shape index (κ3) is 2.35. The quantitative estimate of drug-likeness (QED) is 0.872. The number of nitrogen functional groups attached to an aromatic ring is 1. The number of para-hydroxylation sites is 1. The van der Waals surface area contributed by atoms with Crippen LogP contribution in [0.1, 0.15) is 37.7 Å². The number of anilines is 1. The zero-order chi connectivity index (χ0) is 15.2. The third-order valence-corrected chi connectivity index (χ3v) is 3.82. The van der Waals surface area contributed by atoms with Gasteiger partial charge in [0.2, 0.25) is 0 Å². The molecule has 0 bridgehead atoms. The van der Waals surface area contributed by atoms with E-state index in [2.05, 4.69) is 37.9 Å². The van der Waals surface area contributed by atoms with Crippen LogP contribution in [-0.4, -0.2) is 16.6 Å². The highest BCUT2D eigenvalue weighted by Crippen LogP contribution is 2.38. The zero-order valence-corrected chi connectivity index (χ0v) is 13.0. The SMILES string of the molecule is Cc1c(N)nc(C(C)(C)C)nc1-c1cccc2c1OCC2. The van der Waals surface area contributed by atoms with Gasteiger partial charge in [-0.3, -0.25) is 0 Å². The van der Waals surface area contributed by atoms with Gasteiger partial charge in [-0.25, -0.2) is 9.97 Å². The summed E-state index contributed by atoms with van der Waals surface area (Å²) in [7, 11) is 0. The summed E-state index contributed by atoms with van der Waals surface area (Å²) in [5.74, 6) is 2.25. The van der Waals surface area contributed by atoms with Gasteiger partial charge >= 0.3 is 0 Å². The van der Waals surface area contributed by atoms with Crippen molar-refractivity contribution in [1.82, 2.24) is 9.97 Å². The molecular weight excluding hydrogens is 262 g/mol. The molecule has 0 amide bonds. The fraction of sp³-hybridized carbons (Fsp3) is 0.412. The van der Waals surface area contributed by atoms with Crippen LogP contribution in [0.15, 0.2) is 18.2 Å². The summed E-state index contributed by atoms with van der Waals surface area (Å²) in [5, 5.41) is 0. The van der Waals surface area contributed by atoms with E-state index in [4.69, 9.17) is 15.5 Å². The lowest BCUT2D eigenvalue weighted by atomic mass is 9.94. The molecule has 2 N–H and O–H groups in total. The number of rotatable bonds is 1. The van der Waals surface area contributed by atoms with Crippen molar-refractivity contribution in [3.8, 4) is 17.0 Å². The average Bonchev–Trinajstić information content (AvgIpc) is 2.88. The monoisotopic (exact) mass is 283 g/mol. The van der Waals surface area contributed by atoms with E-state index in [0.29, 0.717) is 5.82 Å². The maximum Gasteiger partial charge on any atom is 0.136 e. The molecule has 0 aliphatic carbocycles. The molecule has 0 saturated carbocycles. The second-order valence-electron chi connectivity index (χ2n) is 6.55. The maximum absolute atomic E-state index is 6.11. The smallest absolute Gasteiger partial charge is 0.136 e. The zero-order valence-electron chi connectivity index (χ0n) is 13.0. The van der Waals surface area contributed by atoms with Gasteiger partial charge in [-0.2, -0.15) is 0 Å². The number of ether oxygens (including phenoxy) is 1. The lowest BCUT2D eigenvalue weighted by Gasteiger charge is -2.20. The molecule has 1 aromatic carbocycles. The Balaban J connectivity index is 2.24. The molecule has 21 heavy (non-hydrogen) atoms. The summed E-state index contributed by atoms with van der Waals surface area (Å²) in [5.41, 5.74) is 10.0. The van der Waals surface area contributed by atoms with Crippen molar-refractivity contribution in [2.45, 2.75) is 39.5 Å². The summed E-state index contributed by atoms with van der Waals surface area (Å²) >= 11 is 0. The topological polar surface area (TPSA) is 61.0 Å². The Hall–Kier alpha value is -2.10. The second-order valence-corrected chi connectivity index (χ2v) is 6.55. The number of hydrogen-bond donors (Lipinski definition) is 1. The van der Waals surface area contributed by atoms with Gasteiger partial charge < -0.3 is 10.5 Å². The predicted molar refractivity (Wildman–Crippen MR) is 84.5 cm³/mol. The molecule has 0 atom stereocenters. The Morgan fingerprint density at radius 3 is 2.67 bits per heavy atom. The molecule has 0 unspecified atom stereocenters. The van der Waals surface area contributed by atoms with Gasteiger partial charge in [0.05, 0.1) is 12.3 Å². The molecule has 0 fully saturated rings. The molecule has 0 radical (unpaired) electrons. The van der Waals surface area contributed by atoms with E-state index in [1.54, 1.807) is 0 Å². The lowest BCUT2D eigenvalue weighted by Crippen LogP contribution is -2.18. The van der Waals surface area contributed by atoms with Crippen LogP contribution in [0.2, 0.25) is 0 Å². The van der Waals surface area contributed by atoms with Gasteiger partial charge in [0.1, 0.15) is 17.4 Å². The molecule has 0 spiro atoms. The molecule has 4 heteroatoms. The number of nitrogens with two attached hydrogens (primary N) is 1. The summed E-state index contributed by atoms with van der Waals surface area (Å²) in [6, 6.07) is 6.21. The van der Waals surface area contributed by atoms with Crippen molar-refractivity contribution in [3.63, 3.8) is 0 Å². The van der Waals surface area contributed by atoms with Crippen LogP contribution in [0.5, 0.6) is 5.75 Å². The average molecular weight is 283 g/mol. The van der Waals surface area contributed by atoms with E-state index in [1.165, 1.54) is 5.56 Å². The van der Waals surface area contributed by atoms with E-state index >= 15 is 0 Å². The Labute approximate surface area is 125 Å². The minimum absolute atomic E-state index is 0.143. The van der Waals surface area contributed by atoms with Crippen LogP contribution < -0.4 is 10.5 Å². The minimum atomic E-state index is -0.143. The summed E-state index contributed by atoms with van der Waals surface area (Å²) in [4.78, 5) is 9.23. The standard InChI is InChI=1S/C17H21N3O/c1-10-13(19-16(17(2,3)4)20-15(10)18)12-7-5-6-11-8-9-21-14(11)12/h5-7H,8-9H2,1-4H3,(H2,18,19,20).